The van der Waals surface area contributed by atoms with E-state index in [1.165, 1.54) is 12.1 Å². The normalized spacial score (nSPS) is 10.1. The maximum absolute atomic E-state index is 13.7. The Kier molecular flexibility index (Phi) is 6.80. The molecule has 148 valence electrons. The Morgan fingerprint density at radius 2 is 1.48 bits per heavy atom. The molecule has 6 nitrogen and oxygen atoms in total. The quantitative estimate of drug-likeness (QED) is 0.472. The molecule has 0 aliphatic carbocycles. The second-order valence-electron chi connectivity index (χ2n) is 5.94. The number of amides is 3. The van der Waals surface area contributed by atoms with Crippen LogP contribution in [-0.2, 0) is 4.79 Å². The molecule has 0 saturated carbocycles. The van der Waals surface area contributed by atoms with Gasteiger partial charge in [-0.15, -0.1) is 0 Å². The van der Waals surface area contributed by atoms with Crippen molar-refractivity contribution >= 4 is 44.9 Å². The fraction of sp³-hybridized carbons (Fsp3) is 0.0476. The zero-order valence-electron chi connectivity index (χ0n) is 15.1. The average Bonchev–Trinajstić information content (AvgIpc) is 2.68. The summed E-state index contributed by atoms with van der Waals surface area (Å²) in [7, 11) is 0. The van der Waals surface area contributed by atoms with Crippen molar-refractivity contribution in [2.24, 2.45) is 0 Å². The zero-order chi connectivity index (χ0) is 20.6. The molecule has 3 aromatic carbocycles. The van der Waals surface area contributed by atoms with Crippen molar-refractivity contribution in [3.05, 3.63) is 83.1 Å². The smallest absolute Gasteiger partial charge is 0.323 e. The fourth-order valence-electron chi connectivity index (χ4n) is 2.42. The molecule has 0 aromatic heterocycles. The Morgan fingerprint density at radius 1 is 0.828 bits per heavy atom. The number of anilines is 3. The first kappa shape index (κ1) is 20.3. The molecule has 3 rings (SSSR count). The lowest BCUT2D eigenvalue weighted by atomic mass is 10.2. The number of rotatable bonds is 6. The average molecular weight is 458 g/mol. The predicted octanol–water partition coefficient (Wildman–Crippen LogP) is 5.25. The van der Waals surface area contributed by atoms with Gasteiger partial charge in [0.15, 0.2) is 18.2 Å². The maximum atomic E-state index is 13.7. The van der Waals surface area contributed by atoms with Crippen molar-refractivity contribution in [1.82, 2.24) is 0 Å². The number of para-hydroxylation sites is 1. The van der Waals surface area contributed by atoms with Crippen molar-refractivity contribution in [3.8, 4) is 5.75 Å². The van der Waals surface area contributed by atoms with E-state index in [-0.39, 0.29) is 12.4 Å². The van der Waals surface area contributed by atoms with E-state index in [1.54, 1.807) is 42.5 Å². The fourth-order valence-corrected chi connectivity index (χ4v) is 2.76. The van der Waals surface area contributed by atoms with Crippen LogP contribution in [0.2, 0.25) is 0 Å². The number of carbonyl (C=O) groups is 2. The van der Waals surface area contributed by atoms with E-state index in [0.717, 1.165) is 0 Å². The van der Waals surface area contributed by atoms with Gasteiger partial charge in [-0.1, -0.05) is 40.2 Å². The Morgan fingerprint density at radius 3 is 2.21 bits per heavy atom. The Bertz CT molecular complexity index is 1020. The molecule has 0 unspecified atom stereocenters. The SMILES string of the molecule is O=C(COc1ccc(Br)cc1F)Nc1cccc(NC(=O)Nc2ccccc2)c1. The number of benzene rings is 3. The molecule has 0 aliphatic rings. The van der Waals surface area contributed by atoms with Gasteiger partial charge in [-0.3, -0.25) is 4.79 Å². The molecule has 0 radical (unpaired) electrons. The van der Waals surface area contributed by atoms with Crippen molar-refractivity contribution < 1.29 is 18.7 Å². The van der Waals surface area contributed by atoms with E-state index in [2.05, 4.69) is 31.9 Å². The number of ether oxygens (including phenoxy) is 1. The van der Waals surface area contributed by atoms with Crippen LogP contribution in [0.15, 0.2) is 77.3 Å². The minimum atomic E-state index is -0.567. The summed E-state index contributed by atoms with van der Waals surface area (Å²) in [6.45, 7) is -0.356. The number of hydrogen-bond acceptors (Lipinski definition) is 3. The molecule has 29 heavy (non-hydrogen) atoms. The molecule has 0 aliphatic heterocycles. The van der Waals surface area contributed by atoms with E-state index < -0.39 is 17.8 Å². The topological polar surface area (TPSA) is 79.5 Å². The van der Waals surface area contributed by atoms with E-state index in [9.17, 15) is 14.0 Å². The van der Waals surface area contributed by atoms with Crippen LogP contribution in [0.3, 0.4) is 0 Å². The largest absolute Gasteiger partial charge is 0.481 e. The third kappa shape index (κ3) is 6.32. The van der Waals surface area contributed by atoms with Gasteiger partial charge in [-0.2, -0.15) is 0 Å². The minimum absolute atomic E-state index is 0.0173. The van der Waals surface area contributed by atoms with Crippen LogP contribution in [0, 0.1) is 5.82 Å². The van der Waals surface area contributed by atoms with E-state index >= 15 is 0 Å². The Labute approximate surface area is 175 Å². The van der Waals surface area contributed by atoms with E-state index in [4.69, 9.17) is 4.74 Å². The molecule has 3 amide bonds. The lowest BCUT2D eigenvalue weighted by Crippen LogP contribution is -2.21. The standard InChI is InChI=1S/C21H17BrFN3O3/c22-14-9-10-19(18(23)11-14)29-13-20(27)24-16-7-4-8-17(12-16)26-21(28)25-15-5-2-1-3-6-15/h1-12H,13H2,(H,24,27)(H2,25,26,28). The van der Waals surface area contributed by atoms with Crippen LogP contribution in [0.25, 0.3) is 0 Å². The molecule has 3 N–H and O–H groups in total. The van der Waals surface area contributed by atoms with Gasteiger partial charge in [-0.05, 0) is 48.5 Å². The van der Waals surface area contributed by atoms with Crippen LogP contribution in [0.4, 0.5) is 26.2 Å². The van der Waals surface area contributed by atoms with Gasteiger partial charge in [0.05, 0.1) is 0 Å². The van der Waals surface area contributed by atoms with Gasteiger partial charge in [0.1, 0.15) is 0 Å². The second kappa shape index (κ2) is 9.70. The molecular weight excluding hydrogens is 441 g/mol. The number of hydrogen-bond donors (Lipinski definition) is 3. The highest BCUT2D eigenvalue weighted by Gasteiger charge is 2.09. The number of carbonyl (C=O) groups excluding carboxylic acids is 2. The molecule has 0 atom stereocenters. The second-order valence-corrected chi connectivity index (χ2v) is 6.85. The van der Waals surface area contributed by atoms with Crippen LogP contribution in [0.1, 0.15) is 0 Å². The summed E-state index contributed by atoms with van der Waals surface area (Å²) in [6, 6.07) is 19.5. The lowest BCUT2D eigenvalue weighted by Gasteiger charge is -2.11. The lowest BCUT2D eigenvalue weighted by molar-refractivity contribution is -0.118. The molecule has 8 heteroatoms. The molecule has 3 aromatic rings. The van der Waals surface area contributed by atoms with Crippen LogP contribution < -0.4 is 20.7 Å². The summed E-state index contributed by atoms with van der Waals surface area (Å²) in [6.07, 6.45) is 0. The van der Waals surface area contributed by atoms with Gasteiger partial charge >= 0.3 is 6.03 Å². The van der Waals surface area contributed by atoms with Crippen LogP contribution >= 0.6 is 15.9 Å². The highest BCUT2D eigenvalue weighted by molar-refractivity contribution is 9.10. The summed E-state index contributed by atoms with van der Waals surface area (Å²) in [4.78, 5) is 24.1. The minimum Gasteiger partial charge on any atom is -0.481 e. The molecule has 0 bridgehead atoms. The number of halogens is 2. The van der Waals surface area contributed by atoms with Crippen molar-refractivity contribution in [2.45, 2.75) is 0 Å². The van der Waals surface area contributed by atoms with E-state index in [0.29, 0.717) is 21.5 Å². The Hall–Kier alpha value is -3.39. The first-order chi connectivity index (χ1) is 14.0. The summed E-state index contributed by atoms with van der Waals surface area (Å²) in [5, 5.41) is 8.03. The first-order valence-corrected chi connectivity index (χ1v) is 9.40. The highest BCUT2D eigenvalue weighted by atomic mass is 79.9. The van der Waals surface area contributed by atoms with E-state index in [1.807, 2.05) is 18.2 Å². The summed E-state index contributed by atoms with van der Waals surface area (Å²) < 4.78 is 19.5. The molecule has 0 saturated heterocycles. The third-order valence-corrected chi connectivity index (χ3v) is 4.18. The van der Waals surface area contributed by atoms with Crippen LogP contribution in [0.5, 0.6) is 5.75 Å². The summed E-state index contributed by atoms with van der Waals surface area (Å²) in [5.74, 6) is -1.04. The molecular formula is C21H17BrFN3O3. The summed E-state index contributed by atoms with van der Waals surface area (Å²) in [5.41, 5.74) is 1.62. The van der Waals surface area contributed by atoms with Gasteiger partial charge in [0.25, 0.3) is 5.91 Å². The Balaban J connectivity index is 1.53. The highest BCUT2D eigenvalue weighted by Crippen LogP contribution is 2.21. The molecule has 0 fully saturated rings. The van der Waals surface area contributed by atoms with Gasteiger partial charge in [0, 0.05) is 21.5 Å². The number of urea groups is 1. The maximum Gasteiger partial charge on any atom is 0.323 e. The van der Waals surface area contributed by atoms with Gasteiger partial charge in [0.2, 0.25) is 0 Å². The summed E-state index contributed by atoms with van der Waals surface area (Å²) >= 11 is 3.15. The van der Waals surface area contributed by atoms with Gasteiger partial charge in [-0.25, -0.2) is 9.18 Å². The number of nitrogens with one attached hydrogen (secondary N) is 3. The van der Waals surface area contributed by atoms with Crippen molar-refractivity contribution in [2.75, 3.05) is 22.6 Å². The zero-order valence-corrected chi connectivity index (χ0v) is 16.7. The van der Waals surface area contributed by atoms with Crippen molar-refractivity contribution in [1.29, 1.82) is 0 Å². The van der Waals surface area contributed by atoms with Crippen molar-refractivity contribution in [3.63, 3.8) is 0 Å². The monoisotopic (exact) mass is 457 g/mol. The molecule has 0 spiro atoms. The van der Waals surface area contributed by atoms with Crippen LogP contribution in [-0.4, -0.2) is 18.5 Å². The van der Waals surface area contributed by atoms with Gasteiger partial charge < -0.3 is 20.7 Å². The predicted molar refractivity (Wildman–Crippen MR) is 114 cm³/mol. The molecule has 0 heterocycles. The first-order valence-electron chi connectivity index (χ1n) is 8.60. The third-order valence-electron chi connectivity index (χ3n) is 3.69.